The number of hydrogen-bond donors (Lipinski definition) is 2. The first kappa shape index (κ1) is 15.1. The van der Waals surface area contributed by atoms with E-state index in [-0.39, 0.29) is 11.9 Å². The van der Waals surface area contributed by atoms with Crippen LogP contribution >= 0.6 is 31.9 Å². The molecule has 0 spiro atoms. The average molecular weight is 398 g/mol. The van der Waals surface area contributed by atoms with E-state index in [1.807, 2.05) is 31.2 Å². The van der Waals surface area contributed by atoms with Gasteiger partial charge in [-0.3, -0.25) is 4.79 Å². The number of nitrogen functional groups attached to an aromatic ring is 1. The zero-order valence-electron chi connectivity index (χ0n) is 10.9. The minimum Gasteiger partial charge on any atom is -0.398 e. The molecule has 0 aliphatic rings. The number of rotatable bonds is 3. The van der Waals surface area contributed by atoms with Crippen LogP contribution in [0.25, 0.3) is 0 Å². The van der Waals surface area contributed by atoms with E-state index in [4.69, 9.17) is 5.73 Å². The molecule has 1 amide bonds. The molecular formula is C15H14Br2N2O. The van der Waals surface area contributed by atoms with Gasteiger partial charge in [0.05, 0.1) is 6.04 Å². The van der Waals surface area contributed by atoms with Gasteiger partial charge in [0.1, 0.15) is 0 Å². The Hall–Kier alpha value is -1.33. The van der Waals surface area contributed by atoms with E-state index in [1.54, 1.807) is 18.2 Å². The van der Waals surface area contributed by atoms with E-state index in [0.717, 1.165) is 14.5 Å². The molecule has 0 aromatic heterocycles. The molecule has 2 aromatic carbocycles. The van der Waals surface area contributed by atoms with Gasteiger partial charge in [0.2, 0.25) is 0 Å². The Bertz CT molecular complexity index is 626. The number of halogens is 2. The Morgan fingerprint density at radius 1 is 1.15 bits per heavy atom. The van der Waals surface area contributed by atoms with Gasteiger partial charge in [0.15, 0.2) is 0 Å². The molecule has 0 radical (unpaired) electrons. The van der Waals surface area contributed by atoms with Crippen molar-refractivity contribution in [3.05, 3.63) is 62.5 Å². The molecule has 0 saturated carbocycles. The lowest BCUT2D eigenvalue weighted by Crippen LogP contribution is -2.26. The highest BCUT2D eigenvalue weighted by Gasteiger charge is 2.12. The van der Waals surface area contributed by atoms with E-state index in [1.165, 1.54) is 0 Å². The molecule has 104 valence electrons. The van der Waals surface area contributed by atoms with Crippen LogP contribution in [-0.4, -0.2) is 5.91 Å². The van der Waals surface area contributed by atoms with Crippen LogP contribution in [0.15, 0.2) is 51.4 Å². The number of carbonyl (C=O) groups excluding carboxylic acids is 1. The highest BCUT2D eigenvalue weighted by molar-refractivity contribution is 9.10. The number of amides is 1. The fraction of sp³-hybridized carbons (Fsp3) is 0.133. The predicted molar refractivity (Wildman–Crippen MR) is 88.6 cm³/mol. The molecule has 20 heavy (non-hydrogen) atoms. The predicted octanol–water partition coefficient (Wildman–Crippen LogP) is 4.28. The van der Waals surface area contributed by atoms with Gasteiger partial charge in [-0.05, 0) is 58.7 Å². The molecule has 0 unspecified atom stereocenters. The van der Waals surface area contributed by atoms with Gasteiger partial charge >= 0.3 is 0 Å². The number of benzene rings is 2. The van der Waals surface area contributed by atoms with Crippen LogP contribution in [0.4, 0.5) is 5.69 Å². The molecule has 5 heteroatoms. The van der Waals surface area contributed by atoms with Crippen molar-refractivity contribution in [1.29, 1.82) is 0 Å². The Labute approximate surface area is 134 Å². The Balaban J connectivity index is 2.10. The van der Waals surface area contributed by atoms with Crippen molar-refractivity contribution in [1.82, 2.24) is 5.32 Å². The minimum atomic E-state index is -0.124. The average Bonchev–Trinajstić information content (AvgIpc) is 2.42. The zero-order chi connectivity index (χ0) is 14.7. The third-order valence-electron chi connectivity index (χ3n) is 2.98. The standard InChI is InChI=1S/C15H14Br2N2O/c1-9(10-2-5-12(16)6-3-10)19-15(20)11-4-7-14(18)13(17)8-11/h2-9H,18H2,1H3,(H,19,20)/t9-/m0/s1. The molecular weight excluding hydrogens is 384 g/mol. The molecule has 3 N–H and O–H groups in total. The summed E-state index contributed by atoms with van der Waals surface area (Å²) in [5, 5.41) is 2.96. The third kappa shape index (κ3) is 3.61. The molecule has 0 aliphatic heterocycles. The molecule has 0 bridgehead atoms. The topological polar surface area (TPSA) is 55.1 Å². The third-order valence-corrected chi connectivity index (χ3v) is 4.20. The first-order valence-electron chi connectivity index (χ1n) is 6.08. The van der Waals surface area contributed by atoms with E-state index in [0.29, 0.717) is 11.3 Å². The molecule has 0 fully saturated rings. The SMILES string of the molecule is C[C@H](NC(=O)c1ccc(N)c(Br)c1)c1ccc(Br)cc1. The van der Waals surface area contributed by atoms with E-state index in [2.05, 4.69) is 37.2 Å². The number of anilines is 1. The molecule has 0 aliphatic carbocycles. The van der Waals surface area contributed by atoms with Gasteiger partial charge in [0, 0.05) is 20.2 Å². The molecule has 3 nitrogen and oxygen atoms in total. The molecule has 2 aromatic rings. The normalized spacial score (nSPS) is 11.9. The Morgan fingerprint density at radius 2 is 1.80 bits per heavy atom. The quantitative estimate of drug-likeness (QED) is 0.759. The van der Waals surface area contributed by atoms with Crippen LogP contribution in [0.3, 0.4) is 0 Å². The smallest absolute Gasteiger partial charge is 0.251 e. The van der Waals surface area contributed by atoms with Crippen molar-refractivity contribution in [2.24, 2.45) is 0 Å². The number of carbonyl (C=O) groups is 1. The van der Waals surface area contributed by atoms with Crippen molar-refractivity contribution in [2.75, 3.05) is 5.73 Å². The number of nitrogens with two attached hydrogens (primary N) is 1. The van der Waals surface area contributed by atoms with Crippen LogP contribution in [0.2, 0.25) is 0 Å². The largest absolute Gasteiger partial charge is 0.398 e. The zero-order valence-corrected chi connectivity index (χ0v) is 14.0. The summed E-state index contributed by atoms with van der Waals surface area (Å²) in [6, 6.07) is 13.0. The van der Waals surface area contributed by atoms with Crippen LogP contribution < -0.4 is 11.1 Å². The summed E-state index contributed by atoms with van der Waals surface area (Å²) in [6.45, 7) is 1.95. The number of nitrogens with one attached hydrogen (secondary N) is 1. The van der Waals surface area contributed by atoms with Gasteiger partial charge in [0.25, 0.3) is 5.91 Å². The maximum atomic E-state index is 12.2. The second-order valence-corrected chi connectivity index (χ2v) is 6.25. The van der Waals surface area contributed by atoms with Gasteiger partial charge in [-0.2, -0.15) is 0 Å². The highest BCUT2D eigenvalue weighted by atomic mass is 79.9. The highest BCUT2D eigenvalue weighted by Crippen LogP contribution is 2.21. The summed E-state index contributed by atoms with van der Waals surface area (Å²) >= 11 is 6.72. The molecule has 0 heterocycles. The first-order chi connectivity index (χ1) is 9.47. The van der Waals surface area contributed by atoms with E-state index in [9.17, 15) is 4.79 Å². The summed E-state index contributed by atoms with van der Waals surface area (Å²) in [5.74, 6) is -0.124. The summed E-state index contributed by atoms with van der Waals surface area (Å²) in [7, 11) is 0. The van der Waals surface area contributed by atoms with Gasteiger partial charge in [-0.1, -0.05) is 28.1 Å². The second-order valence-electron chi connectivity index (χ2n) is 4.48. The Morgan fingerprint density at radius 3 is 2.40 bits per heavy atom. The van der Waals surface area contributed by atoms with Crippen LogP contribution in [0.5, 0.6) is 0 Å². The second kappa shape index (κ2) is 6.41. The van der Waals surface area contributed by atoms with Crippen molar-refractivity contribution in [3.8, 4) is 0 Å². The van der Waals surface area contributed by atoms with E-state index >= 15 is 0 Å². The lowest BCUT2D eigenvalue weighted by molar-refractivity contribution is 0.0940. The van der Waals surface area contributed by atoms with Crippen LogP contribution in [0, 0.1) is 0 Å². The summed E-state index contributed by atoms with van der Waals surface area (Å²) in [5.41, 5.74) is 7.96. The van der Waals surface area contributed by atoms with Crippen LogP contribution in [-0.2, 0) is 0 Å². The van der Waals surface area contributed by atoms with Crippen molar-refractivity contribution < 1.29 is 4.79 Å². The maximum Gasteiger partial charge on any atom is 0.251 e. The van der Waals surface area contributed by atoms with Gasteiger partial charge < -0.3 is 11.1 Å². The summed E-state index contributed by atoms with van der Waals surface area (Å²) in [6.07, 6.45) is 0. The van der Waals surface area contributed by atoms with Gasteiger partial charge in [-0.15, -0.1) is 0 Å². The lowest BCUT2D eigenvalue weighted by Gasteiger charge is -2.15. The minimum absolute atomic E-state index is 0.0630. The molecule has 1 atom stereocenters. The maximum absolute atomic E-state index is 12.2. The van der Waals surface area contributed by atoms with Gasteiger partial charge in [-0.25, -0.2) is 0 Å². The Kier molecular flexibility index (Phi) is 4.83. The van der Waals surface area contributed by atoms with Crippen molar-refractivity contribution >= 4 is 43.5 Å². The molecule has 2 rings (SSSR count). The first-order valence-corrected chi connectivity index (χ1v) is 7.67. The fourth-order valence-electron chi connectivity index (χ4n) is 1.78. The monoisotopic (exact) mass is 396 g/mol. The summed E-state index contributed by atoms with van der Waals surface area (Å²) in [4.78, 5) is 12.2. The molecule has 0 saturated heterocycles. The lowest BCUT2D eigenvalue weighted by atomic mass is 10.1. The number of hydrogen-bond acceptors (Lipinski definition) is 2. The van der Waals surface area contributed by atoms with Crippen molar-refractivity contribution in [2.45, 2.75) is 13.0 Å². The summed E-state index contributed by atoms with van der Waals surface area (Å²) < 4.78 is 1.74. The van der Waals surface area contributed by atoms with E-state index < -0.39 is 0 Å². The van der Waals surface area contributed by atoms with Crippen LogP contribution in [0.1, 0.15) is 28.9 Å². The fourth-order valence-corrected chi connectivity index (χ4v) is 2.43. The van der Waals surface area contributed by atoms with Crippen molar-refractivity contribution in [3.63, 3.8) is 0 Å².